The quantitative estimate of drug-likeness (QED) is 0.783. The van der Waals surface area contributed by atoms with Gasteiger partial charge < -0.3 is 14.6 Å². The van der Waals surface area contributed by atoms with Crippen molar-refractivity contribution < 1.29 is 19.4 Å². The van der Waals surface area contributed by atoms with Gasteiger partial charge in [0.25, 0.3) is 0 Å². The molecule has 1 rings (SSSR count). The lowest BCUT2D eigenvalue weighted by atomic mass is 10.0. The van der Waals surface area contributed by atoms with Gasteiger partial charge in [0.05, 0.1) is 24.8 Å². The van der Waals surface area contributed by atoms with Crippen LogP contribution in [-0.4, -0.2) is 24.8 Å². The molecule has 4 nitrogen and oxygen atoms in total. The van der Waals surface area contributed by atoms with Crippen LogP contribution in [0.25, 0.3) is 0 Å². The molecule has 0 amide bonds. The van der Waals surface area contributed by atoms with Gasteiger partial charge in [-0.05, 0) is 30.5 Å². The van der Waals surface area contributed by atoms with Crippen molar-refractivity contribution in [3.05, 3.63) is 28.8 Å². The highest BCUT2D eigenvalue weighted by Gasteiger charge is 2.13. The van der Waals surface area contributed by atoms with Gasteiger partial charge in [0, 0.05) is 6.42 Å². The van der Waals surface area contributed by atoms with Crippen LogP contribution < -0.4 is 4.74 Å². The molecule has 0 aliphatic heterocycles. The van der Waals surface area contributed by atoms with Crippen molar-refractivity contribution >= 4 is 17.6 Å². The first-order valence-electron chi connectivity index (χ1n) is 6.25. The van der Waals surface area contributed by atoms with E-state index in [1.165, 1.54) is 7.11 Å². The van der Waals surface area contributed by atoms with Crippen LogP contribution in [0.1, 0.15) is 37.9 Å². The summed E-state index contributed by atoms with van der Waals surface area (Å²) in [5.74, 6) is 0.264. The number of methoxy groups -OCH3 is 1. The number of aliphatic hydroxyl groups is 1. The van der Waals surface area contributed by atoms with Crippen LogP contribution in [0.3, 0.4) is 0 Å². The third-order valence-corrected chi connectivity index (χ3v) is 2.95. The van der Waals surface area contributed by atoms with Crippen molar-refractivity contribution in [2.75, 3.05) is 13.7 Å². The van der Waals surface area contributed by atoms with Crippen LogP contribution in [-0.2, 0) is 9.53 Å². The molecular formula is C14H19ClO4. The molecule has 1 atom stereocenters. The largest absolute Gasteiger partial charge is 0.495 e. The zero-order valence-corrected chi connectivity index (χ0v) is 11.9. The van der Waals surface area contributed by atoms with E-state index in [4.69, 9.17) is 21.1 Å². The van der Waals surface area contributed by atoms with Crippen LogP contribution in [0.15, 0.2) is 18.2 Å². The third kappa shape index (κ3) is 5.09. The van der Waals surface area contributed by atoms with Crippen molar-refractivity contribution in [1.29, 1.82) is 0 Å². The van der Waals surface area contributed by atoms with Gasteiger partial charge >= 0.3 is 5.97 Å². The zero-order valence-electron chi connectivity index (χ0n) is 11.2. The summed E-state index contributed by atoms with van der Waals surface area (Å²) in [6.07, 6.45) is 0.552. The Morgan fingerprint density at radius 3 is 2.79 bits per heavy atom. The monoisotopic (exact) mass is 286 g/mol. The maximum atomic E-state index is 11.3. The highest BCUT2D eigenvalue weighted by Crippen LogP contribution is 2.29. The summed E-state index contributed by atoms with van der Waals surface area (Å²) < 4.78 is 9.98. The molecular weight excluding hydrogens is 268 g/mol. The SMILES string of the molecule is CCCOC(=O)CCC(O)c1ccc(OC)c(Cl)c1. The standard InChI is InChI=1S/C14H19ClO4/c1-3-8-19-14(17)7-5-12(16)10-4-6-13(18-2)11(15)9-10/h4,6,9,12,16H,3,5,7-8H2,1-2H3. The minimum absolute atomic E-state index is 0.185. The molecule has 0 saturated heterocycles. The van der Waals surface area contributed by atoms with E-state index in [-0.39, 0.29) is 12.4 Å². The van der Waals surface area contributed by atoms with Crippen molar-refractivity contribution in [1.82, 2.24) is 0 Å². The minimum atomic E-state index is -0.738. The number of ether oxygens (including phenoxy) is 2. The molecule has 1 N–H and O–H groups in total. The Morgan fingerprint density at radius 2 is 2.21 bits per heavy atom. The smallest absolute Gasteiger partial charge is 0.305 e. The van der Waals surface area contributed by atoms with Gasteiger partial charge in [-0.15, -0.1) is 0 Å². The maximum absolute atomic E-state index is 11.3. The van der Waals surface area contributed by atoms with Crippen LogP contribution >= 0.6 is 11.6 Å². The Hall–Kier alpha value is -1.26. The van der Waals surface area contributed by atoms with E-state index in [9.17, 15) is 9.90 Å². The van der Waals surface area contributed by atoms with Crippen molar-refractivity contribution in [3.8, 4) is 5.75 Å². The van der Waals surface area contributed by atoms with Gasteiger partial charge in [0.1, 0.15) is 5.75 Å². The van der Waals surface area contributed by atoms with Crippen molar-refractivity contribution in [2.24, 2.45) is 0 Å². The summed E-state index contributed by atoms with van der Waals surface area (Å²) in [5.41, 5.74) is 0.661. The Balaban J connectivity index is 2.51. The highest BCUT2D eigenvalue weighted by molar-refractivity contribution is 6.32. The molecule has 0 heterocycles. The number of halogens is 1. The molecule has 0 spiro atoms. The van der Waals surface area contributed by atoms with Gasteiger partial charge in [-0.2, -0.15) is 0 Å². The number of carbonyl (C=O) groups is 1. The molecule has 0 aliphatic rings. The van der Waals surface area contributed by atoms with Gasteiger partial charge in [0.2, 0.25) is 0 Å². The number of aliphatic hydroxyl groups excluding tert-OH is 1. The molecule has 0 bridgehead atoms. The Labute approximate surface area is 118 Å². The maximum Gasteiger partial charge on any atom is 0.305 e. The van der Waals surface area contributed by atoms with Crippen LogP contribution in [0, 0.1) is 0 Å². The van der Waals surface area contributed by atoms with E-state index in [0.29, 0.717) is 29.4 Å². The van der Waals surface area contributed by atoms with E-state index in [0.717, 1.165) is 6.42 Å². The molecule has 19 heavy (non-hydrogen) atoms. The van der Waals surface area contributed by atoms with E-state index in [1.54, 1.807) is 18.2 Å². The molecule has 1 unspecified atom stereocenters. The summed E-state index contributed by atoms with van der Waals surface area (Å²) in [6, 6.07) is 5.06. The van der Waals surface area contributed by atoms with Gasteiger partial charge in [-0.1, -0.05) is 24.6 Å². The second kappa shape index (κ2) is 8.02. The second-order valence-electron chi connectivity index (χ2n) is 4.17. The Kier molecular flexibility index (Phi) is 6.67. The van der Waals surface area contributed by atoms with Crippen LogP contribution in [0.2, 0.25) is 5.02 Å². The number of hydrogen-bond acceptors (Lipinski definition) is 4. The Morgan fingerprint density at radius 1 is 1.47 bits per heavy atom. The molecule has 0 fully saturated rings. The highest BCUT2D eigenvalue weighted by atomic mass is 35.5. The summed E-state index contributed by atoms with van der Waals surface area (Å²) in [4.78, 5) is 11.3. The topological polar surface area (TPSA) is 55.8 Å². The molecule has 106 valence electrons. The lowest BCUT2D eigenvalue weighted by Crippen LogP contribution is -2.08. The second-order valence-corrected chi connectivity index (χ2v) is 4.58. The van der Waals surface area contributed by atoms with Crippen LogP contribution in [0.5, 0.6) is 5.75 Å². The minimum Gasteiger partial charge on any atom is -0.495 e. The van der Waals surface area contributed by atoms with Gasteiger partial charge in [0.15, 0.2) is 0 Å². The Bertz CT molecular complexity index is 420. The fraction of sp³-hybridized carbons (Fsp3) is 0.500. The molecule has 1 aromatic carbocycles. The van der Waals surface area contributed by atoms with Crippen LogP contribution in [0.4, 0.5) is 0 Å². The molecule has 5 heteroatoms. The summed E-state index contributed by atoms with van der Waals surface area (Å²) in [5, 5.41) is 10.4. The summed E-state index contributed by atoms with van der Waals surface area (Å²) in [6.45, 7) is 2.35. The van der Waals surface area contributed by atoms with E-state index >= 15 is 0 Å². The van der Waals surface area contributed by atoms with Gasteiger partial charge in [-0.25, -0.2) is 0 Å². The number of carbonyl (C=O) groups excluding carboxylic acids is 1. The number of esters is 1. The fourth-order valence-electron chi connectivity index (χ4n) is 1.60. The fourth-order valence-corrected chi connectivity index (χ4v) is 1.87. The predicted octanol–water partition coefficient (Wildman–Crippen LogP) is 3.12. The molecule has 0 saturated carbocycles. The van der Waals surface area contributed by atoms with E-state index in [2.05, 4.69) is 0 Å². The lowest BCUT2D eigenvalue weighted by Gasteiger charge is -2.12. The van der Waals surface area contributed by atoms with Gasteiger partial charge in [-0.3, -0.25) is 4.79 Å². The molecule has 0 aliphatic carbocycles. The summed E-state index contributed by atoms with van der Waals surface area (Å²) >= 11 is 5.98. The van der Waals surface area contributed by atoms with Crippen molar-refractivity contribution in [2.45, 2.75) is 32.3 Å². The number of hydrogen-bond donors (Lipinski definition) is 1. The first-order valence-corrected chi connectivity index (χ1v) is 6.63. The first kappa shape index (κ1) is 15.8. The average Bonchev–Trinajstić information content (AvgIpc) is 2.42. The molecule has 1 aromatic rings. The summed E-state index contributed by atoms with van der Waals surface area (Å²) in [7, 11) is 1.53. The molecule has 0 radical (unpaired) electrons. The first-order chi connectivity index (χ1) is 9.08. The van der Waals surface area contributed by atoms with Crippen molar-refractivity contribution in [3.63, 3.8) is 0 Å². The lowest BCUT2D eigenvalue weighted by molar-refractivity contribution is -0.144. The predicted molar refractivity (Wildman–Crippen MR) is 73.4 cm³/mol. The number of benzene rings is 1. The zero-order chi connectivity index (χ0) is 14.3. The van der Waals surface area contributed by atoms with E-state index < -0.39 is 6.10 Å². The normalized spacial score (nSPS) is 12.0. The average molecular weight is 287 g/mol. The third-order valence-electron chi connectivity index (χ3n) is 2.65. The van der Waals surface area contributed by atoms with E-state index in [1.807, 2.05) is 6.92 Å². The molecule has 0 aromatic heterocycles. The number of rotatable bonds is 7.